The van der Waals surface area contributed by atoms with Gasteiger partial charge < -0.3 is 14.1 Å². The van der Waals surface area contributed by atoms with Gasteiger partial charge in [-0.3, -0.25) is 4.79 Å². The van der Waals surface area contributed by atoms with E-state index in [9.17, 15) is 9.59 Å². The molecule has 5 nitrogen and oxygen atoms in total. The molecule has 1 aromatic heterocycles. The third kappa shape index (κ3) is 3.23. The number of aryl methyl sites for hydroxylation is 1. The minimum absolute atomic E-state index is 0.0340. The SMILES string of the molecule is CN(C)C(=O)COc1ccc2c3c(c(=O)oc2c1)CCCCC3. The number of carbonyl (C=O) groups excluding carboxylic acids is 1. The lowest BCUT2D eigenvalue weighted by atomic mass is 10.0. The molecule has 1 heterocycles. The van der Waals surface area contributed by atoms with Gasteiger partial charge in [0.05, 0.1) is 0 Å². The Hall–Kier alpha value is -2.30. The molecule has 3 rings (SSSR count). The van der Waals surface area contributed by atoms with Gasteiger partial charge in [0, 0.05) is 31.1 Å². The van der Waals surface area contributed by atoms with Crippen LogP contribution in [0, 0.1) is 0 Å². The molecular formula is C18H21NO4. The van der Waals surface area contributed by atoms with Crippen LogP contribution in [0.15, 0.2) is 27.4 Å². The van der Waals surface area contributed by atoms with Gasteiger partial charge in [-0.15, -0.1) is 0 Å². The molecule has 1 aliphatic carbocycles. The number of likely N-dealkylation sites (N-methyl/N-ethyl adjacent to an activating group) is 1. The van der Waals surface area contributed by atoms with Crippen LogP contribution >= 0.6 is 0 Å². The van der Waals surface area contributed by atoms with Crippen LogP contribution in [0.1, 0.15) is 30.4 Å². The van der Waals surface area contributed by atoms with Crippen molar-refractivity contribution in [2.45, 2.75) is 32.1 Å². The third-order valence-corrected chi connectivity index (χ3v) is 4.31. The fourth-order valence-corrected chi connectivity index (χ4v) is 2.97. The molecule has 2 aromatic rings. The van der Waals surface area contributed by atoms with E-state index in [4.69, 9.17) is 9.15 Å². The average Bonchev–Trinajstić information content (AvgIpc) is 2.78. The first-order valence-electron chi connectivity index (χ1n) is 7.98. The van der Waals surface area contributed by atoms with Crippen LogP contribution in [0.5, 0.6) is 5.75 Å². The molecule has 0 aliphatic heterocycles. The molecule has 23 heavy (non-hydrogen) atoms. The lowest BCUT2D eigenvalue weighted by molar-refractivity contribution is -0.130. The molecule has 0 spiro atoms. The standard InChI is InChI=1S/C18H21NO4/c1-19(2)17(20)11-22-12-8-9-14-13-6-4-3-5-7-15(13)18(21)23-16(14)10-12/h8-10H,3-7,11H2,1-2H3. The number of carbonyl (C=O) groups is 1. The van der Waals surface area contributed by atoms with E-state index in [1.807, 2.05) is 12.1 Å². The Balaban J connectivity index is 1.95. The zero-order valence-corrected chi connectivity index (χ0v) is 13.6. The second-order valence-electron chi connectivity index (χ2n) is 6.14. The fourth-order valence-electron chi connectivity index (χ4n) is 2.97. The van der Waals surface area contributed by atoms with E-state index in [2.05, 4.69) is 0 Å². The number of nitrogens with zero attached hydrogens (tertiary/aromatic N) is 1. The van der Waals surface area contributed by atoms with Gasteiger partial charge in [0.2, 0.25) is 0 Å². The third-order valence-electron chi connectivity index (χ3n) is 4.31. The summed E-state index contributed by atoms with van der Waals surface area (Å²) in [6, 6.07) is 5.46. The van der Waals surface area contributed by atoms with Crippen LogP contribution in [-0.2, 0) is 17.6 Å². The molecule has 0 unspecified atom stereocenters. The van der Waals surface area contributed by atoms with Gasteiger partial charge in [-0.2, -0.15) is 0 Å². The highest BCUT2D eigenvalue weighted by molar-refractivity contribution is 5.83. The van der Waals surface area contributed by atoms with Crippen molar-refractivity contribution in [1.82, 2.24) is 4.90 Å². The molecule has 1 aliphatic rings. The van der Waals surface area contributed by atoms with Crippen LogP contribution < -0.4 is 10.4 Å². The van der Waals surface area contributed by atoms with Gasteiger partial charge in [-0.05, 0) is 43.4 Å². The Morgan fingerprint density at radius 1 is 1.17 bits per heavy atom. The summed E-state index contributed by atoms with van der Waals surface area (Å²) < 4.78 is 11.0. The average molecular weight is 315 g/mol. The minimum Gasteiger partial charge on any atom is -0.484 e. The monoisotopic (exact) mass is 315 g/mol. The fraction of sp³-hybridized carbons (Fsp3) is 0.444. The second kappa shape index (κ2) is 6.44. The van der Waals surface area contributed by atoms with E-state index in [1.54, 1.807) is 20.2 Å². The number of ether oxygens (including phenoxy) is 1. The van der Waals surface area contributed by atoms with Crippen molar-refractivity contribution in [3.8, 4) is 5.75 Å². The first-order valence-corrected chi connectivity index (χ1v) is 7.98. The zero-order valence-electron chi connectivity index (χ0n) is 13.6. The highest BCUT2D eigenvalue weighted by Gasteiger charge is 2.17. The van der Waals surface area contributed by atoms with Gasteiger partial charge in [0.1, 0.15) is 11.3 Å². The molecular weight excluding hydrogens is 294 g/mol. The predicted molar refractivity (Wildman–Crippen MR) is 87.9 cm³/mol. The van der Waals surface area contributed by atoms with E-state index in [0.29, 0.717) is 11.3 Å². The van der Waals surface area contributed by atoms with Crippen molar-refractivity contribution >= 4 is 16.9 Å². The minimum atomic E-state index is -0.240. The molecule has 0 N–H and O–H groups in total. The Bertz CT molecular complexity index is 791. The number of benzene rings is 1. The maximum Gasteiger partial charge on any atom is 0.339 e. The van der Waals surface area contributed by atoms with Crippen LogP contribution in [0.3, 0.4) is 0 Å². The topological polar surface area (TPSA) is 59.8 Å². The highest BCUT2D eigenvalue weighted by Crippen LogP contribution is 2.28. The first kappa shape index (κ1) is 15.6. The van der Waals surface area contributed by atoms with E-state index >= 15 is 0 Å². The van der Waals surface area contributed by atoms with Crippen molar-refractivity contribution in [2.75, 3.05) is 20.7 Å². The molecule has 0 atom stereocenters. The molecule has 1 aromatic carbocycles. The summed E-state index contributed by atoms with van der Waals surface area (Å²) in [4.78, 5) is 25.3. The molecule has 0 radical (unpaired) electrons. The Labute approximate surface area is 134 Å². The molecule has 122 valence electrons. The highest BCUT2D eigenvalue weighted by atomic mass is 16.5. The quantitative estimate of drug-likeness (QED) is 0.645. The second-order valence-corrected chi connectivity index (χ2v) is 6.14. The van der Waals surface area contributed by atoms with E-state index in [-0.39, 0.29) is 18.1 Å². The summed E-state index contributed by atoms with van der Waals surface area (Å²) in [5.41, 5.74) is 2.23. The maximum absolute atomic E-state index is 12.2. The van der Waals surface area contributed by atoms with Gasteiger partial charge >= 0.3 is 5.63 Å². The number of fused-ring (bicyclic) bond motifs is 3. The molecule has 0 fully saturated rings. The summed E-state index contributed by atoms with van der Waals surface area (Å²) >= 11 is 0. The summed E-state index contributed by atoms with van der Waals surface area (Å²) in [5.74, 6) is 0.415. The lowest BCUT2D eigenvalue weighted by Crippen LogP contribution is -2.27. The van der Waals surface area contributed by atoms with E-state index in [1.165, 1.54) is 4.90 Å². The van der Waals surface area contributed by atoms with Crippen LogP contribution in [0.25, 0.3) is 11.0 Å². The zero-order chi connectivity index (χ0) is 16.4. The number of rotatable bonds is 3. The van der Waals surface area contributed by atoms with Crippen molar-refractivity contribution in [2.24, 2.45) is 0 Å². The van der Waals surface area contributed by atoms with E-state index in [0.717, 1.165) is 48.6 Å². The predicted octanol–water partition coefficient (Wildman–Crippen LogP) is 2.53. The Kier molecular flexibility index (Phi) is 4.37. The van der Waals surface area contributed by atoms with E-state index < -0.39 is 0 Å². The largest absolute Gasteiger partial charge is 0.484 e. The lowest BCUT2D eigenvalue weighted by Gasteiger charge is -2.12. The summed E-state index contributed by atoms with van der Waals surface area (Å²) in [6.45, 7) is -0.0340. The van der Waals surface area contributed by atoms with Crippen molar-refractivity contribution in [3.63, 3.8) is 0 Å². The van der Waals surface area contributed by atoms with Crippen LogP contribution in [-0.4, -0.2) is 31.5 Å². The smallest absolute Gasteiger partial charge is 0.339 e. The molecule has 0 bridgehead atoms. The molecule has 0 saturated carbocycles. The number of hydrogen-bond acceptors (Lipinski definition) is 4. The number of hydrogen-bond donors (Lipinski definition) is 0. The van der Waals surface area contributed by atoms with Crippen LogP contribution in [0.4, 0.5) is 0 Å². The molecule has 5 heteroatoms. The number of amides is 1. The van der Waals surface area contributed by atoms with Gasteiger partial charge in [0.25, 0.3) is 5.91 Å². The summed E-state index contributed by atoms with van der Waals surface area (Å²) in [6.07, 6.45) is 4.99. The van der Waals surface area contributed by atoms with Crippen molar-refractivity contribution < 1.29 is 13.9 Å². The summed E-state index contributed by atoms with van der Waals surface area (Å²) in [5, 5.41) is 0.979. The molecule has 0 saturated heterocycles. The van der Waals surface area contributed by atoms with Gasteiger partial charge in [0.15, 0.2) is 6.61 Å². The summed E-state index contributed by atoms with van der Waals surface area (Å²) in [7, 11) is 3.36. The van der Waals surface area contributed by atoms with Crippen LogP contribution in [0.2, 0.25) is 0 Å². The van der Waals surface area contributed by atoms with Crippen molar-refractivity contribution in [1.29, 1.82) is 0 Å². The van der Waals surface area contributed by atoms with Gasteiger partial charge in [-0.25, -0.2) is 4.79 Å². The Morgan fingerprint density at radius 3 is 2.65 bits per heavy atom. The normalized spacial score (nSPS) is 14.2. The molecule has 1 amide bonds. The van der Waals surface area contributed by atoms with Gasteiger partial charge in [-0.1, -0.05) is 6.42 Å². The Morgan fingerprint density at radius 2 is 1.91 bits per heavy atom. The maximum atomic E-state index is 12.2. The first-order chi connectivity index (χ1) is 11.1. The van der Waals surface area contributed by atoms with Crippen molar-refractivity contribution in [3.05, 3.63) is 39.7 Å².